The molecular formula is C22H23N5O2. The SMILES string of the molecule is Cc1nccn1-c1ccc(NC(=O)C2CC(=O)N(CCc3ccccc3)C2)cn1. The lowest BCUT2D eigenvalue weighted by Crippen LogP contribution is -2.30. The number of carbonyl (C=O) groups is 2. The first kappa shape index (κ1) is 18.9. The van der Waals surface area contributed by atoms with E-state index in [9.17, 15) is 9.59 Å². The maximum absolute atomic E-state index is 12.6. The maximum atomic E-state index is 12.6. The first-order chi connectivity index (χ1) is 14.1. The number of rotatable bonds is 6. The van der Waals surface area contributed by atoms with Gasteiger partial charge in [-0.2, -0.15) is 0 Å². The van der Waals surface area contributed by atoms with Crippen molar-refractivity contribution in [2.45, 2.75) is 19.8 Å². The first-order valence-electron chi connectivity index (χ1n) is 9.69. The molecule has 1 N–H and O–H groups in total. The third-order valence-electron chi connectivity index (χ3n) is 5.19. The van der Waals surface area contributed by atoms with Crippen LogP contribution in [0.3, 0.4) is 0 Å². The normalized spacial score (nSPS) is 16.2. The zero-order chi connectivity index (χ0) is 20.2. The molecule has 1 unspecified atom stereocenters. The molecule has 4 rings (SSSR count). The van der Waals surface area contributed by atoms with Gasteiger partial charge in [0.15, 0.2) is 0 Å². The zero-order valence-corrected chi connectivity index (χ0v) is 16.3. The predicted molar refractivity (Wildman–Crippen MR) is 110 cm³/mol. The third-order valence-corrected chi connectivity index (χ3v) is 5.19. The monoisotopic (exact) mass is 389 g/mol. The number of hydrogen-bond donors (Lipinski definition) is 1. The van der Waals surface area contributed by atoms with Crippen molar-refractivity contribution in [2.24, 2.45) is 5.92 Å². The van der Waals surface area contributed by atoms with E-state index >= 15 is 0 Å². The van der Waals surface area contributed by atoms with Crippen molar-refractivity contribution in [1.82, 2.24) is 19.4 Å². The minimum Gasteiger partial charge on any atom is -0.342 e. The van der Waals surface area contributed by atoms with Crippen molar-refractivity contribution in [3.63, 3.8) is 0 Å². The van der Waals surface area contributed by atoms with Gasteiger partial charge in [-0.15, -0.1) is 0 Å². The molecule has 2 aromatic heterocycles. The number of carbonyl (C=O) groups excluding carboxylic acids is 2. The standard InChI is InChI=1S/C22H23N5O2/c1-16-23-10-12-27(16)20-8-7-19(14-24-20)25-22(29)18-13-21(28)26(15-18)11-9-17-5-3-2-4-6-17/h2-8,10,12,14,18H,9,11,13,15H2,1H3,(H,25,29). The lowest BCUT2D eigenvalue weighted by atomic mass is 10.1. The predicted octanol–water partition coefficient (Wildman–Crippen LogP) is 2.61. The Kier molecular flexibility index (Phi) is 5.37. The number of likely N-dealkylation sites (tertiary alicyclic amines) is 1. The van der Waals surface area contributed by atoms with E-state index < -0.39 is 0 Å². The molecule has 3 aromatic rings. The number of anilines is 1. The van der Waals surface area contributed by atoms with Crippen LogP contribution in [0.25, 0.3) is 5.82 Å². The van der Waals surface area contributed by atoms with Gasteiger partial charge >= 0.3 is 0 Å². The minimum atomic E-state index is -0.339. The van der Waals surface area contributed by atoms with Gasteiger partial charge in [-0.3, -0.25) is 14.2 Å². The maximum Gasteiger partial charge on any atom is 0.229 e. The Morgan fingerprint density at radius 2 is 2.00 bits per heavy atom. The summed E-state index contributed by atoms with van der Waals surface area (Å²) in [6.07, 6.45) is 6.22. The molecule has 1 fully saturated rings. The smallest absolute Gasteiger partial charge is 0.229 e. The molecule has 3 heterocycles. The van der Waals surface area contributed by atoms with Gasteiger partial charge in [0.2, 0.25) is 11.8 Å². The molecule has 1 aliphatic rings. The molecule has 7 heteroatoms. The Balaban J connectivity index is 1.33. The van der Waals surface area contributed by atoms with Crippen molar-refractivity contribution in [1.29, 1.82) is 0 Å². The van der Waals surface area contributed by atoms with Crippen LogP contribution >= 0.6 is 0 Å². The molecular weight excluding hydrogens is 366 g/mol. The molecule has 2 amide bonds. The van der Waals surface area contributed by atoms with Crippen LogP contribution in [0.5, 0.6) is 0 Å². The summed E-state index contributed by atoms with van der Waals surface area (Å²) < 4.78 is 1.87. The minimum absolute atomic E-state index is 0.0325. The summed E-state index contributed by atoms with van der Waals surface area (Å²) >= 11 is 0. The van der Waals surface area contributed by atoms with Crippen LogP contribution in [0.1, 0.15) is 17.8 Å². The van der Waals surface area contributed by atoms with Gasteiger partial charge < -0.3 is 10.2 Å². The summed E-state index contributed by atoms with van der Waals surface area (Å²) in [5.41, 5.74) is 1.80. The van der Waals surface area contributed by atoms with Crippen molar-refractivity contribution in [3.05, 3.63) is 72.4 Å². The highest BCUT2D eigenvalue weighted by Crippen LogP contribution is 2.21. The topological polar surface area (TPSA) is 80.1 Å². The van der Waals surface area contributed by atoms with E-state index in [-0.39, 0.29) is 24.2 Å². The fraction of sp³-hybridized carbons (Fsp3) is 0.273. The highest BCUT2D eigenvalue weighted by molar-refractivity contribution is 5.97. The molecule has 148 valence electrons. The van der Waals surface area contributed by atoms with Gasteiger partial charge in [-0.25, -0.2) is 9.97 Å². The van der Waals surface area contributed by atoms with Crippen molar-refractivity contribution < 1.29 is 9.59 Å². The molecule has 0 bridgehead atoms. The Bertz CT molecular complexity index is 998. The van der Waals surface area contributed by atoms with Gasteiger partial charge in [0, 0.05) is 31.9 Å². The zero-order valence-electron chi connectivity index (χ0n) is 16.3. The number of pyridine rings is 1. The van der Waals surface area contributed by atoms with E-state index in [0.717, 1.165) is 18.1 Å². The average Bonchev–Trinajstić information content (AvgIpc) is 3.33. The Hall–Kier alpha value is -3.48. The number of aromatic nitrogens is 3. The second-order valence-electron chi connectivity index (χ2n) is 7.22. The highest BCUT2D eigenvalue weighted by atomic mass is 16.2. The van der Waals surface area contributed by atoms with Crippen LogP contribution in [0.4, 0.5) is 5.69 Å². The summed E-state index contributed by atoms with van der Waals surface area (Å²) in [4.78, 5) is 35.3. The molecule has 1 aromatic carbocycles. The third kappa shape index (κ3) is 4.34. The fourth-order valence-corrected chi connectivity index (χ4v) is 3.54. The molecule has 1 atom stereocenters. The quantitative estimate of drug-likeness (QED) is 0.703. The fourth-order valence-electron chi connectivity index (χ4n) is 3.54. The van der Waals surface area contributed by atoms with E-state index in [1.54, 1.807) is 17.3 Å². The van der Waals surface area contributed by atoms with Crippen LogP contribution in [-0.2, 0) is 16.0 Å². The number of aryl methyl sites for hydroxylation is 1. The van der Waals surface area contributed by atoms with Crippen LogP contribution in [0, 0.1) is 12.8 Å². The van der Waals surface area contributed by atoms with Gasteiger partial charge in [0.1, 0.15) is 11.6 Å². The Morgan fingerprint density at radius 1 is 1.17 bits per heavy atom. The Labute approximate surface area is 169 Å². The van der Waals surface area contributed by atoms with E-state index in [1.165, 1.54) is 5.56 Å². The average molecular weight is 389 g/mol. The van der Waals surface area contributed by atoms with Crippen LogP contribution in [-0.4, -0.2) is 44.3 Å². The van der Waals surface area contributed by atoms with Crippen LogP contribution < -0.4 is 5.32 Å². The molecule has 1 aliphatic heterocycles. The number of imidazole rings is 1. The summed E-state index contributed by atoms with van der Waals surface area (Å²) in [7, 11) is 0. The number of amides is 2. The number of nitrogens with zero attached hydrogens (tertiary/aromatic N) is 4. The second kappa shape index (κ2) is 8.26. The molecule has 0 spiro atoms. The molecule has 1 saturated heterocycles. The van der Waals surface area contributed by atoms with Crippen molar-refractivity contribution in [2.75, 3.05) is 18.4 Å². The Morgan fingerprint density at radius 3 is 2.69 bits per heavy atom. The largest absolute Gasteiger partial charge is 0.342 e. The summed E-state index contributed by atoms with van der Waals surface area (Å²) in [6.45, 7) is 2.99. The van der Waals surface area contributed by atoms with E-state index in [1.807, 2.05) is 60.2 Å². The van der Waals surface area contributed by atoms with Crippen molar-refractivity contribution in [3.8, 4) is 5.82 Å². The lowest BCUT2D eigenvalue weighted by molar-refractivity contribution is -0.128. The molecule has 0 saturated carbocycles. The van der Waals surface area contributed by atoms with Crippen LogP contribution in [0.2, 0.25) is 0 Å². The van der Waals surface area contributed by atoms with Crippen LogP contribution in [0.15, 0.2) is 61.1 Å². The van der Waals surface area contributed by atoms with Gasteiger partial charge in [-0.05, 0) is 31.0 Å². The van der Waals surface area contributed by atoms with Gasteiger partial charge in [-0.1, -0.05) is 30.3 Å². The molecule has 0 aliphatic carbocycles. The van der Waals surface area contributed by atoms with Crippen molar-refractivity contribution >= 4 is 17.5 Å². The number of nitrogens with one attached hydrogen (secondary N) is 1. The van der Waals surface area contributed by atoms with E-state index in [2.05, 4.69) is 15.3 Å². The number of benzene rings is 1. The molecule has 7 nitrogen and oxygen atoms in total. The second-order valence-corrected chi connectivity index (χ2v) is 7.22. The van der Waals surface area contributed by atoms with E-state index in [4.69, 9.17) is 0 Å². The molecule has 0 radical (unpaired) electrons. The van der Waals surface area contributed by atoms with E-state index in [0.29, 0.717) is 18.8 Å². The highest BCUT2D eigenvalue weighted by Gasteiger charge is 2.34. The first-order valence-corrected chi connectivity index (χ1v) is 9.69. The lowest BCUT2D eigenvalue weighted by Gasteiger charge is -2.16. The molecule has 29 heavy (non-hydrogen) atoms. The number of hydrogen-bond acceptors (Lipinski definition) is 4. The summed E-state index contributed by atoms with van der Waals surface area (Å²) in [6, 6.07) is 13.7. The van der Waals surface area contributed by atoms with Gasteiger partial charge in [0.05, 0.1) is 17.8 Å². The van der Waals surface area contributed by atoms with Gasteiger partial charge in [0.25, 0.3) is 0 Å². The summed E-state index contributed by atoms with van der Waals surface area (Å²) in [5, 5.41) is 2.88. The summed E-state index contributed by atoms with van der Waals surface area (Å²) in [5.74, 6) is 1.13.